The van der Waals surface area contributed by atoms with E-state index in [1.807, 2.05) is 0 Å². The molecule has 2 unspecified atom stereocenters. The van der Waals surface area contributed by atoms with Gasteiger partial charge in [0.05, 0.1) is 6.54 Å². The van der Waals surface area contributed by atoms with Crippen LogP contribution < -0.4 is 0 Å². The van der Waals surface area contributed by atoms with Crippen LogP contribution in [0.15, 0.2) is 0 Å². The van der Waals surface area contributed by atoms with Gasteiger partial charge in [-0.05, 0) is 41.5 Å². The number of piperidine rings is 1. The first-order valence-corrected chi connectivity index (χ1v) is 7.39. The average molecular weight is 319 g/mol. The van der Waals surface area contributed by atoms with E-state index in [-0.39, 0.29) is 19.5 Å². The zero-order valence-electron chi connectivity index (χ0n) is 14.1. The molecule has 22 heavy (non-hydrogen) atoms. The number of ether oxygens (including phenoxy) is 3. The molecule has 0 spiro atoms. The largest absolute Gasteiger partial charge is 0.509 e. The predicted molar refractivity (Wildman–Crippen MR) is 78.4 cm³/mol. The van der Waals surface area contributed by atoms with E-state index in [1.54, 1.807) is 41.5 Å². The molecule has 0 aromatic carbocycles. The summed E-state index contributed by atoms with van der Waals surface area (Å²) in [5.74, 6) is 0. The van der Waals surface area contributed by atoms with Crippen molar-refractivity contribution in [3.63, 3.8) is 0 Å². The Morgan fingerprint density at radius 2 is 1.59 bits per heavy atom. The molecular formula is C15H26FNO5. The highest BCUT2D eigenvalue weighted by molar-refractivity contribution is 5.68. The Balaban J connectivity index is 2.49. The predicted octanol–water partition coefficient (Wildman–Crippen LogP) is 3.29. The van der Waals surface area contributed by atoms with Gasteiger partial charge in [-0.1, -0.05) is 0 Å². The summed E-state index contributed by atoms with van der Waals surface area (Å²) in [5.41, 5.74) is -1.33. The van der Waals surface area contributed by atoms with Gasteiger partial charge in [-0.25, -0.2) is 14.0 Å². The summed E-state index contributed by atoms with van der Waals surface area (Å²) in [5, 5.41) is 0. The Bertz CT molecular complexity index is 413. The third-order valence-electron chi connectivity index (χ3n) is 2.77. The maximum Gasteiger partial charge on any atom is 0.509 e. The highest BCUT2D eigenvalue weighted by Gasteiger charge is 2.36. The quantitative estimate of drug-likeness (QED) is 0.694. The molecule has 6 nitrogen and oxygen atoms in total. The fourth-order valence-electron chi connectivity index (χ4n) is 1.91. The van der Waals surface area contributed by atoms with Gasteiger partial charge in [-0.3, -0.25) is 0 Å². The first kappa shape index (κ1) is 18.5. The lowest BCUT2D eigenvalue weighted by atomic mass is 10.1. The summed E-state index contributed by atoms with van der Waals surface area (Å²) < 4.78 is 29.3. The number of amides is 1. The minimum atomic E-state index is -1.46. The molecule has 1 fully saturated rings. The van der Waals surface area contributed by atoms with Gasteiger partial charge >= 0.3 is 12.2 Å². The van der Waals surface area contributed by atoms with Crippen molar-refractivity contribution in [3.8, 4) is 0 Å². The maximum absolute atomic E-state index is 14.1. The molecule has 0 aromatic rings. The molecule has 0 bridgehead atoms. The van der Waals surface area contributed by atoms with Crippen LogP contribution in [0.3, 0.4) is 0 Å². The van der Waals surface area contributed by atoms with Crippen LogP contribution in [-0.4, -0.2) is 53.7 Å². The number of halogens is 1. The lowest BCUT2D eigenvalue weighted by Crippen LogP contribution is -2.50. The fourth-order valence-corrected chi connectivity index (χ4v) is 1.91. The molecule has 1 aliphatic rings. The van der Waals surface area contributed by atoms with Gasteiger partial charge in [-0.2, -0.15) is 0 Å². The summed E-state index contributed by atoms with van der Waals surface area (Å²) >= 11 is 0. The molecule has 1 heterocycles. The van der Waals surface area contributed by atoms with E-state index in [0.29, 0.717) is 0 Å². The second kappa shape index (κ2) is 6.71. The van der Waals surface area contributed by atoms with E-state index in [4.69, 9.17) is 14.2 Å². The number of likely N-dealkylation sites (tertiary alicyclic amines) is 1. The molecule has 0 radical (unpaired) electrons. The molecule has 2 atom stereocenters. The molecule has 128 valence electrons. The third-order valence-corrected chi connectivity index (χ3v) is 2.77. The molecule has 1 amide bonds. The lowest BCUT2D eigenvalue weighted by molar-refractivity contribution is -0.0649. The highest BCUT2D eigenvalue weighted by atomic mass is 19.1. The minimum absolute atomic E-state index is 0.164. The van der Waals surface area contributed by atoms with Gasteiger partial charge in [0.1, 0.15) is 17.3 Å². The van der Waals surface area contributed by atoms with E-state index in [2.05, 4.69) is 0 Å². The van der Waals surface area contributed by atoms with Crippen LogP contribution in [0.25, 0.3) is 0 Å². The SMILES string of the molecule is CC(C)(C)OC(=O)OC1CCN(C(=O)OC(C)(C)C)CC1F. The second-order valence-electron chi connectivity index (χ2n) is 7.35. The van der Waals surface area contributed by atoms with Crippen LogP contribution in [0.2, 0.25) is 0 Å². The number of carbonyl (C=O) groups is 2. The van der Waals surface area contributed by atoms with Gasteiger partial charge in [0, 0.05) is 13.0 Å². The van der Waals surface area contributed by atoms with Gasteiger partial charge in [-0.15, -0.1) is 0 Å². The number of hydrogen-bond donors (Lipinski definition) is 0. The molecule has 7 heteroatoms. The van der Waals surface area contributed by atoms with Crippen molar-refractivity contribution in [3.05, 3.63) is 0 Å². The molecule has 0 aromatic heterocycles. The Hall–Kier alpha value is -1.53. The smallest absolute Gasteiger partial charge is 0.444 e. The topological polar surface area (TPSA) is 65.1 Å². The molecule has 0 N–H and O–H groups in total. The van der Waals surface area contributed by atoms with E-state index < -0.39 is 35.7 Å². The van der Waals surface area contributed by atoms with E-state index in [1.165, 1.54) is 4.90 Å². The number of hydrogen-bond acceptors (Lipinski definition) is 5. The van der Waals surface area contributed by atoms with E-state index in [9.17, 15) is 14.0 Å². The van der Waals surface area contributed by atoms with Crippen LogP contribution in [0.1, 0.15) is 48.0 Å². The molecule has 1 aliphatic heterocycles. The first-order valence-electron chi connectivity index (χ1n) is 7.39. The normalized spacial score (nSPS) is 23.0. The number of carbonyl (C=O) groups excluding carboxylic acids is 2. The Labute approximate surface area is 130 Å². The second-order valence-corrected chi connectivity index (χ2v) is 7.35. The maximum atomic E-state index is 14.1. The van der Waals surface area contributed by atoms with Crippen molar-refractivity contribution >= 4 is 12.2 Å². The molecule has 1 rings (SSSR count). The van der Waals surface area contributed by atoms with Crippen molar-refractivity contribution in [2.24, 2.45) is 0 Å². The number of alkyl halides is 1. The molecule has 0 aliphatic carbocycles. The fraction of sp³-hybridized carbons (Fsp3) is 0.867. The van der Waals surface area contributed by atoms with Crippen molar-refractivity contribution in [1.82, 2.24) is 4.90 Å². The van der Waals surface area contributed by atoms with Crippen LogP contribution in [0.5, 0.6) is 0 Å². The van der Waals surface area contributed by atoms with Crippen LogP contribution >= 0.6 is 0 Å². The average Bonchev–Trinajstić information content (AvgIpc) is 2.26. The minimum Gasteiger partial charge on any atom is -0.444 e. The monoisotopic (exact) mass is 319 g/mol. The van der Waals surface area contributed by atoms with Gasteiger partial charge in [0.25, 0.3) is 0 Å². The number of rotatable bonds is 1. The summed E-state index contributed by atoms with van der Waals surface area (Å²) in [6, 6.07) is 0. The Kier molecular flexibility index (Phi) is 5.65. The third kappa shape index (κ3) is 6.49. The van der Waals surface area contributed by atoms with Crippen molar-refractivity contribution in [2.45, 2.75) is 71.4 Å². The van der Waals surface area contributed by atoms with Gasteiger partial charge in [0.2, 0.25) is 0 Å². The zero-order valence-corrected chi connectivity index (χ0v) is 14.1. The lowest BCUT2D eigenvalue weighted by Gasteiger charge is -2.35. The summed E-state index contributed by atoms with van der Waals surface area (Å²) in [6.45, 7) is 10.4. The van der Waals surface area contributed by atoms with Crippen molar-refractivity contribution in [1.29, 1.82) is 0 Å². The van der Waals surface area contributed by atoms with Crippen LogP contribution in [0.4, 0.5) is 14.0 Å². The van der Waals surface area contributed by atoms with E-state index >= 15 is 0 Å². The molecule has 1 saturated heterocycles. The van der Waals surface area contributed by atoms with Gasteiger partial charge < -0.3 is 19.1 Å². The highest BCUT2D eigenvalue weighted by Crippen LogP contribution is 2.21. The summed E-state index contributed by atoms with van der Waals surface area (Å²) in [4.78, 5) is 24.7. The van der Waals surface area contributed by atoms with E-state index in [0.717, 1.165) is 0 Å². The first-order chi connectivity index (χ1) is 9.87. The Morgan fingerprint density at radius 3 is 2.05 bits per heavy atom. The van der Waals surface area contributed by atoms with Crippen LogP contribution in [0, 0.1) is 0 Å². The van der Waals surface area contributed by atoms with Crippen LogP contribution in [-0.2, 0) is 14.2 Å². The van der Waals surface area contributed by atoms with Gasteiger partial charge in [0.15, 0.2) is 6.17 Å². The standard InChI is InChI=1S/C15H26FNO5/c1-14(2,3)21-12(18)17-8-7-11(10(16)9-17)20-13(19)22-15(4,5)6/h10-11H,7-9H2,1-6H3. The zero-order chi connectivity index (χ0) is 17.1. The van der Waals surface area contributed by atoms with Crippen molar-refractivity contribution in [2.75, 3.05) is 13.1 Å². The van der Waals surface area contributed by atoms with Crippen molar-refractivity contribution < 1.29 is 28.2 Å². The summed E-state index contributed by atoms with van der Waals surface area (Å²) in [6.07, 6.45) is -3.63. The summed E-state index contributed by atoms with van der Waals surface area (Å²) in [7, 11) is 0. The number of nitrogens with zero attached hydrogens (tertiary/aromatic N) is 1. The molecule has 0 saturated carbocycles. The Morgan fingerprint density at radius 1 is 1.05 bits per heavy atom. The molecular weight excluding hydrogens is 293 g/mol.